The Morgan fingerprint density at radius 2 is 2.00 bits per heavy atom. The van der Waals surface area contributed by atoms with Crippen LogP contribution in [0.25, 0.3) is 0 Å². The van der Waals surface area contributed by atoms with Crippen molar-refractivity contribution in [1.82, 2.24) is 5.32 Å². The van der Waals surface area contributed by atoms with Gasteiger partial charge in [0.15, 0.2) is 0 Å². The summed E-state index contributed by atoms with van der Waals surface area (Å²) in [5, 5.41) is 12.4. The van der Waals surface area contributed by atoms with Crippen molar-refractivity contribution in [3.8, 4) is 11.5 Å². The van der Waals surface area contributed by atoms with E-state index in [4.69, 9.17) is 4.74 Å². The van der Waals surface area contributed by atoms with Gasteiger partial charge in [0.1, 0.15) is 11.5 Å². The molecule has 0 aliphatic carbocycles. The van der Waals surface area contributed by atoms with Crippen molar-refractivity contribution >= 4 is 5.91 Å². The van der Waals surface area contributed by atoms with Crippen LogP contribution in [0.2, 0.25) is 0 Å². The maximum Gasteiger partial charge on any atom is 0.255 e. The molecular weight excluding hydrogens is 278 g/mol. The number of aryl methyl sites for hydroxylation is 2. The first-order valence-electron chi connectivity index (χ1n) is 7.26. The van der Waals surface area contributed by atoms with Crippen molar-refractivity contribution in [2.24, 2.45) is 0 Å². The van der Waals surface area contributed by atoms with E-state index in [0.29, 0.717) is 18.6 Å². The Labute approximate surface area is 130 Å². The molecule has 0 heterocycles. The van der Waals surface area contributed by atoms with Crippen LogP contribution in [0.1, 0.15) is 27.0 Å². The molecule has 116 valence electrons. The molecular formula is C18H21NO3. The van der Waals surface area contributed by atoms with Crippen LogP contribution in [0.4, 0.5) is 0 Å². The third-order valence-electron chi connectivity index (χ3n) is 3.54. The molecule has 0 aliphatic heterocycles. The molecule has 2 aromatic carbocycles. The molecule has 4 nitrogen and oxygen atoms in total. The van der Waals surface area contributed by atoms with E-state index in [9.17, 15) is 9.90 Å². The number of rotatable bonds is 5. The first-order chi connectivity index (χ1) is 10.5. The summed E-state index contributed by atoms with van der Waals surface area (Å²) < 4.78 is 5.79. The molecule has 0 bridgehead atoms. The van der Waals surface area contributed by atoms with E-state index in [2.05, 4.69) is 11.4 Å². The molecule has 0 spiro atoms. The number of hydrogen-bond acceptors (Lipinski definition) is 3. The smallest absolute Gasteiger partial charge is 0.255 e. The second-order valence-corrected chi connectivity index (χ2v) is 5.26. The minimum atomic E-state index is -0.292. The van der Waals surface area contributed by atoms with Crippen molar-refractivity contribution in [3.05, 3.63) is 58.7 Å². The van der Waals surface area contributed by atoms with Gasteiger partial charge in [0.05, 0.1) is 12.2 Å². The Bertz CT molecular complexity index is 680. The number of carbonyl (C=O) groups excluding carboxylic acids is 1. The molecule has 0 fully saturated rings. The highest BCUT2D eigenvalue weighted by atomic mass is 16.5. The Morgan fingerprint density at radius 3 is 2.68 bits per heavy atom. The summed E-state index contributed by atoms with van der Waals surface area (Å²) in [5.74, 6) is 0.537. The van der Waals surface area contributed by atoms with Crippen molar-refractivity contribution < 1.29 is 14.6 Å². The average molecular weight is 299 g/mol. The molecule has 0 atom stereocenters. The predicted octanol–water partition coefficient (Wildman–Crippen LogP) is 2.99. The summed E-state index contributed by atoms with van der Waals surface area (Å²) in [6.45, 7) is 4.49. The van der Waals surface area contributed by atoms with Crippen LogP contribution in [0.3, 0.4) is 0 Å². The zero-order valence-electron chi connectivity index (χ0n) is 13.1. The van der Waals surface area contributed by atoms with Gasteiger partial charge < -0.3 is 15.2 Å². The van der Waals surface area contributed by atoms with E-state index in [0.717, 1.165) is 16.9 Å². The topological polar surface area (TPSA) is 58.6 Å². The van der Waals surface area contributed by atoms with Gasteiger partial charge in [-0.25, -0.2) is 0 Å². The fourth-order valence-electron chi connectivity index (χ4n) is 2.41. The molecule has 2 rings (SSSR count). The summed E-state index contributed by atoms with van der Waals surface area (Å²) in [6.07, 6.45) is 0.546. The molecule has 0 aliphatic rings. The lowest BCUT2D eigenvalue weighted by atomic mass is 10.0. The zero-order chi connectivity index (χ0) is 16.1. The first-order valence-corrected chi connectivity index (χ1v) is 7.26. The van der Waals surface area contributed by atoms with E-state index in [1.54, 1.807) is 13.1 Å². The Hall–Kier alpha value is -2.49. The third-order valence-corrected chi connectivity index (χ3v) is 3.54. The van der Waals surface area contributed by atoms with Gasteiger partial charge in [-0.15, -0.1) is 0 Å². The maximum atomic E-state index is 11.9. The van der Waals surface area contributed by atoms with Gasteiger partial charge in [-0.05, 0) is 37.1 Å². The quantitative estimate of drug-likeness (QED) is 0.892. The van der Waals surface area contributed by atoms with Crippen LogP contribution < -0.4 is 10.1 Å². The second-order valence-electron chi connectivity index (χ2n) is 5.26. The highest BCUT2D eigenvalue weighted by Gasteiger charge is 2.14. The first kappa shape index (κ1) is 15.9. The summed E-state index contributed by atoms with van der Waals surface area (Å²) in [4.78, 5) is 11.9. The summed E-state index contributed by atoms with van der Waals surface area (Å²) in [6, 6.07) is 11.1. The SMILES string of the molecule is CNC(=O)c1c(O)cccc1CCOc1ccc(C)cc1C. The van der Waals surface area contributed by atoms with Crippen LogP contribution in [-0.2, 0) is 6.42 Å². The standard InChI is InChI=1S/C18H21NO3/c1-12-7-8-16(13(2)11-12)22-10-9-14-5-4-6-15(20)17(14)18(21)19-3/h4-8,11,20H,9-10H2,1-3H3,(H,19,21). The van der Waals surface area contributed by atoms with Gasteiger partial charge >= 0.3 is 0 Å². The number of benzene rings is 2. The maximum absolute atomic E-state index is 11.9. The fourth-order valence-corrected chi connectivity index (χ4v) is 2.41. The normalized spacial score (nSPS) is 10.3. The molecule has 2 N–H and O–H groups in total. The van der Waals surface area contributed by atoms with Crippen LogP contribution in [-0.4, -0.2) is 24.7 Å². The van der Waals surface area contributed by atoms with Gasteiger partial charge in [0.25, 0.3) is 5.91 Å². The van der Waals surface area contributed by atoms with Crippen LogP contribution in [0.5, 0.6) is 11.5 Å². The van der Waals surface area contributed by atoms with Crippen molar-refractivity contribution in [2.45, 2.75) is 20.3 Å². The van der Waals surface area contributed by atoms with Crippen LogP contribution >= 0.6 is 0 Å². The second kappa shape index (κ2) is 6.98. The fraction of sp³-hybridized carbons (Fsp3) is 0.278. The van der Waals surface area contributed by atoms with Gasteiger partial charge in [-0.3, -0.25) is 4.79 Å². The average Bonchev–Trinajstić information content (AvgIpc) is 2.49. The lowest BCUT2D eigenvalue weighted by molar-refractivity contribution is 0.0959. The molecule has 0 saturated heterocycles. The van der Waals surface area contributed by atoms with E-state index >= 15 is 0 Å². The number of phenols is 1. The Balaban J connectivity index is 2.09. The van der Waals surface area contributed by atoms with Gasteiger partial charge in [-0.1, -0.05) is 29.8 Å². The van der Waals surface area contributed by atoms with Crippen molar-refractivity contribution in [1.29, 1.82) is 0 Å². The molecule has 0 aromatic heterocycles. The number of hydrogen-bond donors (Lipinski definition) is 2. The minimum absolute atomic E-state index is 0.0108. The van der Waals surface area contributed by atoms with Crippen LogP contribution in [0, 0.1) is 13.8 Å². The monoisotopic (exact) mass is 299 g/mol. The molecule has 4 heteroatoms. The molecule has 0 saturated carbocycles. The van der Waals surface area contributed by atoms with E-state index in [1.807, 2.05) is 32.0 Å². The zero-order valence-corrected chi connectivity index (χ0v) is 13.1. The molecule has 0 radical (unpaired) electrons. The summed E-state index contributed by atoms with van der Waals surface area (Å²) >= 11 is 0. The predicted molar refractivity (Wildman–Crippen MR) is 86.6 cm³/mol. The van der Waals surface area contributed by atoms with Crippen molar-refractivity contribution in [2.75, 3.05) is 13.7 Å². The van der Waals surface area contributed by atoms with Gasteiger partial charge in [-0.2, -0.15) is 0 Å². The molecule has 1 amide bonds. The number of carbonyl (C=O) groups is 1. The van der Waals surface area contributed by atoms with E-state index in [-0.39, 0.29) is 11.7 Å². The van der Waals surface area contributed by atoms with Crippen molar-refractivity contribution in [3.63, 3.8) is 0 Å². The number of phenolic OH excluding ortho intramolecular Hbond substituents is 1. The Morgan fingerprint density at radius 1 is 1.23 bits per heavy atom. The summed E-state index contributed by atoms with van der Waals surface area (Å²) in [7, 11) is 1.55. The van der Waals surface area contributed by atoms with E-state index in [1.165, 1.54) is 11.6 Å². The summed E-state index contributed by atoms with van der Waals surface area (Å²) in [5.41, 5.74) is 3.36. The van der Waals surface area contributed by atoms with Gasteiger partial charge in [0.2, 0.25) is 0 Å². The van der Waals surface area contributed by atoms with E-state index < -0.39 is 0 Å². The molecule has 0 unspecified atom stereocenters. The Kier molecular flexibility index (Phi) is 5.04. The minimum Gasteiger partial charge on any atom is -0.507 e. The number of aromatic hydroxyl groups is 1. The van der Waals surface area contributed by atoms with Gasteiger partial charge in [0, 0.05) is 13.5 Å². The lowest BCUT2D eigenvalue weighted by Crippen LogP contribution is -2.20. The lowest BCUT2D eigenvalue weighted by Gasteiger charge is -2.12. The molecule has 2 aromatic rings. The van der Waals surface area contributed by atoms with Crippen LogP contribution in [0.15, 0.2) is 36.4 Å². The highest BCUT2D eigenvalue weighted by molar-refractivity contribution is 5.98. The third kappa shape index (κ3) is 3.58. The number of ether oxygens (including phenoxy) is 1. The number of amides is 1. The highest BCUT2D eigenvalue weighted by Crippen LogP contribution is 2.23. The molecule has 22 heavy (non-hydrogen) atoms. The number of nitrogens with one attached hydrogen (secondary N) is 1. The largest absolute Gasteiger partial charge is 0.507 e.